The molecule has 21 heavy (non-hydrogen) atoms. The fourth-order valence-electron chi connectivity index (χ4n) is 2.16. The smallest absolute Gasteiger partial charge is 0.255 e. The van der Waals surface area contributed by atoms with E-state index in [2.05, 4.69) is 15.5 Å². The summed E-state index contributed by atoms with van der Waals surface area (Å²) < 4.78 is 0. The van der Waals surface area contributed by atoms with Gasteiger partial charge in [0.25, 0.3) is 5.91 Å². The fraction of sp³-hybridized carbons (Fsp3) is 0.118. The molecule has 0 radical (unpaired) electrons. The number of fused-ring (bicyclic) bond motifs is 1. The number of anilines is 1. The molecule has 104 valence electrons. The van der Waals surface area contributed by atoms with Crippen LogP contribution in [0, 0.1) is 13.8 Å². The summed E-state index contributed by atoms with van der Waals surface area (Å²) in [5.74, 6) is -0.128. The van der Waals surface area contributed by atoms with E-state index in [9.17, 15) is 4.79 Å². The van der Waals surface area contributed by atoms with E-state index in [1.807, 2.05) is 44.2 Å². The second kappa shape index (κ2) is 5.32. The molecule has 3 aromatic rings. The first-order valence-corrected chi connectivity index (χ1v) is 6.72. The topological polar surface area (TPSA) is 54.9 Å². The number of amides is 1. The van der Waals surface area contributed by atoms with Crippen LogP contribution in [0.4, 0.5) is 5.69 Å². The number of carbonyl (C=O) groups excluding carboxylic acids is 1. The van der Waals surface area contributed by atoms with Crippen molar-refractivity contribution in [1.82, 2.24) is 10.2 Å². The summed E-state index contributed by atoms with van der Waals surface area (Å²) in [5, 5.41) is 12.4. The molecule has 1 amide bonds. The zero-order valence-electron chi connectivity index (χ0n) is 11.9. The number of nitrogens with zero attached hydrogens (tertiary/aromatic N) is 2. The molecule has 1 N–H and O–H groups in total. The highest BCUT2D eigenvalue weighted by molar-refractivity contribution is 6.06. The summed E-state index contributed by atoms with van der Waals surface area (Å²) >= 11 is 0. The van der Waals surface area contributed by atoms with Crippen molar-refractivity contribution in [3.05, 3.63) is 65.5 Å². The van der Waals surface area contributed by atoms with Crippen LogP contribution in [0.15, 0.2) is 48.8 Å². The highest BCUT2D eigenvalue weighted by Crippen LogP contribution is 2.17. The van der Waals surface area contributed by atoms with Gasteiger partial charge in [-0.2, -0.15) is 10.2 Å². The monoisotopic (exact) mass is 277 g/mol. The van der Waals surface area contributed by atoms with Crippen molar-refractivity contribution in [2.75, 3.05) is 5.32 Å². The maximum Gasteiger partial charge on any atom is 0.255 e. The van der Waals surface area contributed by atoms with Crippen molar-refractivity contribution < 1.29 is 4.79 Å². The van der Waals surface area contributed by atoms with E-state index in [0.29, 0.717) is 5.56 Å². The zero-order valence-corrected chi connectivity index (χ0v) is 11.9. The van der Waals surface area contributed by atoms with Crippen molar-refractivity contribution in [2.24, 2.45) is 0 Å². The van der Waals surface area contributed by atoms with E-state index < -0.39 is 0 Å². The summed E-state index contributed by atoms with van der Waals surface area (Å²) in [7, 11) is 0. The van der Waals surface area contributed by atoms with Gasteiger partial charge < -0.3 is 5.32 Å². The van der Waals surface area contributed by atoms with Gasteiger partial charge in [-0.05, 0) is 49.2 Å². The number of aryl methyl sites for hydroxylation is 2. The first kappa shape index (κ1) is 13.2. The van der Waals surface area contributed by atoms with Crippen LogP contribution in [0.5, 0.6) is 0 Å². The van der Waals surface area contributed by atoms with Crippen LogP contribution >= 0.6 is 0 Å². The van der Waals surface area contributed by atoms with Gasteiger partial charge in [-0.25, -0.2) is 0 Å². The summed E-state index contributed by atoms with van der Waals surface area (Å²) in [6.07, 6.45) is 3.34. The molecule has 0 unspecified atom stereocenters. The van der Waals surface area contributed by atoms with Gasteiger partial charge in [0.05, 0.1) is 12.4 Å². The molecule has 1 aromatic heterocycles. The Bertz CT molecular complexity index is 827. The highest BCUT2D eigenvalue weighted by Gasteiger charge is 2.07. The molecule has 0 atom stereocenters. The predicted octanol–water partition coefficient (Wildman–Crippen LogP) is 3.50. The molecule has 0 aliphatic rings. The van der Waals surface area contributed by atoms with Crippen molar-refractivity contribution in [2.45, 2.75) is 13.8 Å². The predicted molar refractivity (Wildman–Crippen MR) is 83.4 cm³/mol. The quantitative estimate of drug-likeness (QED) is 0.780. The lowest BCUT2D eigenvalue weighted by molar-refractivity contribution is 0.102. The van der Waals surface area contributed by atoms with Crippen molar-refractivity contribution in [3.63, 3.8) is 0 Å². The average Bonchev–Trinajstić information content (AvgIpc) is 2.50. The van der Waals surface area contributed by atoms with Crippen molar-refractivity contribution in [1.29, 1.82) is 0 Å². The normalized spacial score (nSPS) is 10.6. The minimum atomic E-state index is -0.128. The lowest BCUT2D eigenvalue weighted by Gasteiger charge is -2.08. The average molecular weight is 277 g/mol. The van der Waals surface area contributed by atoms with Crippen LogP contribution in [0.25, 0.3) is 10.8 Å². The first-order chi connectivity index (χ1) is 10.1. The van der Waals surface area contributed by atoms with Crippen LogP contribution in [0.2, 0.25) is 0 Å². The molecular formula is C17H15N3O. The molecule has 1 heterocycles. The van der Waals surface area contributed by atoms with Crippen molar-refractivity contribution >= 4 is 22.4 Å². The van der Waals surface area contributed by atoms with Gasteiger partial charge in [-0.15, -0.1) is 0 Å². The zero-order chi connectivity index (χ0) is 14.8. The number of aromatic nitrogens is 2. The summed E-state index contributed by atoms with van der Waals surface area (Å²) in [5.41, 5.74) is 3.77. The van der Waals surface area contributed by atoms with Crippen molar-refractivity contribution in [3.8, 4) is 0 Å². The van der Waals surface area contributed by atoms with E-state index in [-0.39, 0.29) is 5.91 Å². The third-order valence-corrected chi connectivity index (χ3v) is 3.57. The minimum absolute atomic E-state index is 0.128. The summed E-state index contributed by atoms with van der Waals surface area (Å²) in [4.78, 5) is 12.3. The molecule has 0 saturated heterocycles. The molecule has 0 spiro atoms. The fourth-order valence-corrected chi connectivity index (χ4v) is 2.16. The van der Waals surface area contributed by atoms with Gasteiger partial charge in [0.1, 0.15) is 0 Å². The minimum Gasteiger partial charge on any atom is -0.322 e. The molecular weight excluding hydrogens is 262 g/mol. The van der Waals surface area contributed by atoms with Gasteiger partial charge in [0.2, 0.25) is 0 Å². The largest absolute Gasteiger partial charge is 0.322 e. The van der Waals surface area contributed by atoms with E-state index in [0.717, 1.165) is 22.0 Å². The number of rotatable bonds is 2. The Morgan fingerprint density at radius 3 is 2.43 bits per heavy atom. The van der Waals surface area contributed by atoms with Crippen LogP contribution in [0.3, 0.4) is 0 Å². The van der Waals surface area contributed by atoms with E-state index in [4.69, 9.17) is 0 Å². The third kappa shape index (κ3) is 2.74. The van der Waals surface area contributed by atoms with Gasteiger partial charge in [-0.1, -0.05) is 12.1 Å². The molecule has 4 heteroatoms. The number of benzene rings is 2. The molecule has 0 aliphatic heterocycles. The maximum absolute atomic E-state index is 12.3. The number of hydrogen-bond donors (Lipinski definition) is 1. The Kier molecular flexibility index (Phi) is 3.36. The summed E-state index contributed by atoms with van der Waals surface area (Å²) in [6, 6.07) is 11.4. The third-order valence-electron chi connectivity index (χ3n) is 3.57. The van der Waals surface area contributed by atoms with Gasteiger partial charge in [0, 0.05) is 22.0 Å². The molecule has 0 saturated carbocycles. The maximum atomic E-state index is 12.3. The summed E-state index contributed by atoms with van der Waals surface area (Å²) in [6.45, 7) is 4.07. The Morgan fingerprint density at radius 1 is 0.905 bits per heavy atom. The standard InChI is InChI=1S/C17H15N3O/c1-11-3-6-16(7-12(11)2)20-17(21)13-4-5-14-9-18-19-10-15(14)8-13/h3-10H,1-2H3,(H,20,21). The van der Waals surface area contributed by atoms with Crippen LogP contribution in [-0.4, -0.2) is 16.1 Å². The second-order valence-corrected chi connectivity index (χ2v) is 5.09. The Balaban J connectivity index is 1.87. The van der Waals surface area contributed by atoms with Gasteiger partial charge >= 0.3 is 0 Å². The molecule has 0 bridgehead atoms. The first-order valence-electron chi connectivity index (χ1n) is 6.72. The molecule has 0 aliphatic carbocycles. The molecule has 2 aromatic carbocycles. The number of carbonyl (C=O) groups is 1. The molecule has 0 fully saturated rings. The lowest BCUT2D eigenvalue weighted by atomic mass is 10.1. The Labute approximate surface area is 122 Å². The second-order valence-electron chi connectivity index (χ2n) is 5.09. The van der Waals surface area contributed by atoms with E-state index >= 15 is 0 Å². The van der Waals surface area contributed by atoms with E-state index in [1.165, 1.54) is 5.56 Å². The number of nitrogens with one attached hydrogen (secondary N) is 1. The van der Waals surface area contributed by atoms with Gasteiger partial charge in [0.15, 0.2) is 0 Å². The molecule has 3 rings (SSSR count). The van der Waals surface area contributed by atoms with Gasteiger partial charge in [-0.3, -0.25) is 4.79 Å². The Morgan fingerprint density at radius 2 is 1.67 bits per heavy atom. The number of hydrogen-bond acceptors (Lipinski definition) is 3. The highest BCUT2D eigenvalue weighted by atomic mass is 16.1. The molecule has 4 nitrogen and oxygen atoms in total. The van der Waals surface area contributed by atoms with Crippen LogP contribution in [-0.2, 0) is 0 Å². The lowest BCUT2D eigenvalue weighted by Crippen LogP contribution is -2.12. The van der Waals surface area contributed by atoms with Crippen LogP contribution < -0.4 is 5.32 Å². The Hall–Kier alpha value is -2.75. The van der Waals surface area contributed by atoms with E-state index in [1.54, 1.807) is 18.5 Å². The van der Waals surface area contributed by atoms with Crippen LogP contribution in [0.1, 0.15) is 21.5 Å². The SMILES string of the molecule is Cc1ccc(NC(=O)c2ccc3cnncc3c2)cc1C.